The van der Waals surface area contributed by atoms with Crippen molar-refractivity contribution in [1.29, 1.82) is 0 Å². The van der Waals surface area contributed by atoms with Gasteiger partial charge in [0.2, 0.25) is 0 Å². The Labute approximate surface area is 107 Å². The van der Waals surface area contributed by atoms with Gasteiger partial charge in [0, 0.05) is 6.42 Å². The Bertz CT molecular complexity index is 488. The number of hydrogen-bond donors (Lipinski definition) is 1. The number of benzene rings is 1. The minimum atomic E-state index is -4.46. The lowest BCUT2D eigenvalue weighted by molar-refractivity contribution is -0.137. The summed E-state index contributed by atoms with van der Waals surface area (Å²) in [6, 6.07) is 2.91. The molecule has 1 aliphatic heterocycles. The molecule has 104 valence electrons. The molecule has 0 bridgehead atoms. The summed E-state index contributed by atoms with van der Waals surface area (Å²) in [4.78, 5) is 11.1. The number of nitrogens with one attached hydrogen (secondary N) is 1. The van der Waals surface area contributed by atoms with Crippen LogP contribution in [0.5, 0.6) is 5.75 Å². The monoisotopic (exact) mass is 275 g/mol. The van der Waals surface area contributed by atoms with Crippen LogP contribution in [0.1, 0.15) is 23.6 Å². The van der Waals surface area contributed by atoms with Crippen LogP contribution in [0.2, 0.25) is 0 Å². The fourth-order valence-electron chi connectivity index (χ4n) is 1.88. The van der Waals surface area contributed by atoms with Crippen LogP contribution in [0.3, 0.4) is 0 Å². The number of cyclic esters (lactones) is 1. The minimum Gasteiger partial charge on any atom is -0.497 e. The van der Waals surface area contributed by atoms with Gasteiger partial charge in [-0.2, -0.15) is 13.2 Å². The highest BCUT2D eigenvalue weighted by atomic mass is 19.4. The highest BCUT2D eigenvalue weighted by Crippen LogP contribution is 2.35. The summed E-state index contributed by atoms with van der Waals surface area (Å²) < 4.78 is 47.8. The smallest absolute Gasteiger partial charge is 0.416 e. The fraction of sp³-hybridized carbons (Fsp3) is 0.417. The van der Waals surface area contributed by atoms with Crippen LogP contribution in [0, 0.1) is 0 Å². The molecule has 2 rings (SSSR count). The SMILES string of the molecule is COc1cc([C@H]2CCOC(=O)N2)cc(C(F)(F)F)c1. The Balaban J connectivity index is 2.36. The molecule has 0 spiro atoms. The molecule has 1 fully saturated rings. The number of methoxy groups -OCH3 is 1. The van der Waals surface area contributed by atoms with Crippen LogP contribution in [0.15, 0.2) is 18.2 Å². The Kier molecular flexibility index (Phi) is 3.55. The van der Waals surface area contributed by atoms with Crippen molar-refractivity contribution in [1.82, 2.24) is 5.32 Å². The summed E-state index contributed by atoms with van der Waals surface area (Å²) >= 11 is 0. The average Bonchev–Trinajstić information content (AvgIpc) is 2.37. The quantitative estimate of drug-likeness (QED) is 0.902. The Morgan fingerprint density at radius 1 is 1.37 bits per heavy atom. The third kappa shape index (κ3) is 3.10. The van der Waals surface area contributed by atoms with Gasteiger partial charge in [0.25, 0.3) is 0 Å². The first kappa shape index (κ1) is 13.5. The zero-order valence-electron chi connectivity index (χ0n) is 10.1. The van der Waals surface area contributed by atoms with Crippen LogP contribution in [0.4, 0.5) is 18.0 Å². The van der Waals surface area contributed by atoms with Gasteiger partial charge in [-0.25, -0.2) is 4.79 Å². The molecule has 1 aliphatic rings. The van der Waals surface area contributed by atoms with Crippen molar-refractivity contribution in [2.24, 2.45) is 0 Å². The first-order valence-electron chi connectivity index (χ1n) is 5.59. The van der Waals surface area contributed by atoms with E-state index >= 15 is 0 Å². The third-order valence-electron chi connectivity index (χ3n) is 2.83. The predicted octanol–water partition coefficient (Wildman–Crippen LogP) is 2.89. The van der Waals surface area contributed by atoms with Gasteiger partial charge in [0.15, 0.2) is 0 Å². The number of hydrogen-bond acceptors (Lipinski definition) is 3. The average molecular weight is 275 g/mol. The maximum Gasteiger partial charge on any atom is 0.416 e. The molecule has 19 heavy (non-hydrogen) atoms. The number of carbonyl (C=O) groups is 1. The second kappa shape index (κ2) is 4.99. The Morgan fingerprint density at radius 3 is 2.68 bits per heavy atom. The van der Waals surface area contributed by atoms with Gasteiger partial charge >= 0.3 is 12.3 Å². The molecule has 1 saturated heterocycles. The molecule has 0 aromatic heterocycles. The van der Waals surface area contributed by atoms with E-state index in [9.17, 15) is 18.0 Å². The molecule has 7 heteroatoms. The lowest BCUT2D eigenvalue weighted by Crippen LogP contribution is -2.35. The second-order valence-corrected chi connectivity index (χ2v) is 4.11. The summed E-state index contributed by atoms with van der Waals surface area (Å²) in [5.41, 5.74) is -0.453. The van der Waals surface area contributed by atoms with E-state index in [1.807, 2.05) is 0 Å². The maximum atomic E-state index is 12.8. The number of alkyl halides is 3. The Morgan fingerprint density at radius 2 is 2.11 bits per heavy atom. The van der Waals surface area contributed by atoms with Crippen LogP contribution < -0.4 is 10.1 Å². The summed E-state index contributed by atoms with van der Waals surface area (Å²) in [5, 5.41) is 2.48. The molecular weight excluding hydrogens is 263 g/mol. The molecule has 0 unspecified atom stereocenters. The predicted molar refractivity (Wildman–Crippen MR) is 59.8 cm³/mol. The molecule has 1 N–H and O–H groups in total. The largest absolute Gasteiger partial charge is 0.497 e. The van der Waals surface area contributed by atoms with Gasteiger partial charge in [-0.1, -0.05) is 0 Å². The molecule has 0 aliphatic carbocycles. The van der Waals surface area contributed by atoms with Crippen molar-refractivity contribution in [3.63, 3.8) is 0 Å². The fourth-order valence-corrected chi connectivity index (χ4v) is 1.88. The molecule has 1 atom stereocenters. The van der Waals surface area contributed by atoms with Gasteiger partial charge < -0.3 is 14.8 Å². The number of alkyl carbamates (subject to hydrolysis) is 1. The van der Waals surface area contributed by atoms with E-state index in [2.05, 4.69) is 10.1 Å². The molecule has 0 saturated carbocycles. The van der Waals surface area contributed by atoms with E-state index in [0.29, 0.717) is 12.0 Å². The van der Waals surface area contributed by atoms with Gasteiger partial charge in [-0.15, -0.1) is 0 Å². The van der Waals surface area contributed by atoms with Crippen molar-refractivity contribution < 1.29 is 27.4 Å². The molecule has 1 aromatic carbocycles. The standard InChI is InChI=1S/C12H12F3NO3/c1-18-9-5-7(4-8(6-9)12(13,14)15)10-2-3-19-11(17)16-10/h4-6,10H,2-3H2,1H3,(H,16,17)/t10-/m1/s1. The molecule has 4 nitrogen and oxygen atoms in total. The summed E-state index contributed by atoms with van der Waals surface area (Å²) in [6.07, 6.45) is -4.68. The lowest BCUT2D eigenvalue weighted by atomic mass is 10.00. The summed E-state index contributed by atoms with van der Waals surface area (Å²) in [7, 11) is 1.29. The van der Waals surface area contributed by atoms with Gasteiger partial charge in [-0.3, -0.25) is 0 Å². The number of amides is 1. The first-order chi connectivity index (χ1) is 8.90. The first-order valence-corrected chi connectivity index (χ1v) is 5.59. The van der Waals surface area contributed by atoms with E-state index < -0.39 is 23.9 Å². The van der Waals surface area contributed by atoms with Gasteiger partial charge in [-0.05, 0) is 23.8 Å². The van der Waals surface area contributed by atoms with Crippen molar-refractivity contribution in [2.75, 3.05) is 13.7 Å². The lowest BCUT2D eigenvalue weighted by Gasteiger charge is -2.24. The second-order valence-electron chi connectivity index (χ2n) is 4.11. The van der Waals surface area contributed by atoms with Crippen LogP contribution >= 0.6 is 0 Å². The van der Waals surface area contributed by atoms with Crippen LogP contribution in [-0.4, -0.2) is 19.8 Å². The zero-order valence-corrected chi connectivity index (χ0v) is 10.1. The van der Waals surface area contributed by atoms with Crippen molar-refractivity contribution in [3.05, 3.63) is 29.3 Å². The number of rotatable bonds is 2. The van der Waals surface area contributed by atoms with Crippen LogP contribution in [-0.2, 0) is 10.9 Å². The molecule has 0 radical (unpaired) electrons. The van der Waals surface area contributed by atoms with E-state index in [0.717, 1.165) is 12.1 Å². The van der Waals surface area contributed by atoms with E-state index in [1.165, 1.54) is 13.2 Å². The minimum absolute atomic E-state index is 0.102. The normalized spacial score (nSPS) is 19.6. The van der Waals surface area contributed by atoms with E-state index in [-0.39, 0.29) is 12.4 Å². The maximum absolute atomic E-state index is 12.8. The number of carbonyl (C=O) groups excluding carboxylic acids is 1. The summed E-state index contributed by atoms with van der Waals surface area (Å²) in [5.74, 6) is 0.102. The van der Waals surface area contributed by atoms with Gasteiger partial charge in [0.1, 0.15) is 5.75 Å². The van der Waals surface area contributed by atoms with Crippen LogP contribution in [0.25, 0.3) is 0 Å². The van der Waals surface area contributed by atoms with Crippen molar-refractivity contribution in [3.8, 4) is 5.75 Å². The van der Waals surface area contributed by atoms with Gasteiger partial charge in [0.05, 0.1) is 25.3 Å². The molecule has 1 amide bonds. The van der Waals surface area contributed by atoms with Crippen molar-refractivity contribution >= 4 is 6.09 Å². The molecular formula is C12H12F3NO3. The highest BCUT2D eigenvalue weighted by Gasteiger charge is 2.32. The Hall–Kier alpha value is -1.92. The van der Waals surface area contributed by atoms with E-state index in [4.69, 9.17) is 4.74 Å². The number of halogens is 3. The number of ether oxygens (including phenoxy) is 2. The zero-order chi connectivity index (χ0) is 14.0. The molecule has 1 heterocycles. The van der Waals surface area contributed by atoms with E-state index in [1.54, 1.807) is 0 Å². The third-order valence-corrected chi connectivity index (χ3v) is 2.83. The molecule has 1 aromatic rings. The van der Waals surface area contributed by atoms with Crippen molar-refractivity contribution in [2.45, 2.75) is 18.6 Å². The topological polar surface area (TPSA) is 47.6 Å². The highest BCUT2D eigenvalue weighted by molar-refractivity contribution is 5.68. The summed E-state index contributed by atoms with van der Waals surface area (Å²) in [6.45, 7) is 0.176.